The molecule has 0 amide bonds. The first kappa shape index (κ1) is 14.8. The summed E-state index contributed by atoms with van der Waals surface area (Å²) >= 11 is 6.13. The van der Waals surface area contributed by atoms with Crippen LogP contribution in [-0.4, -0.2) is 33.4 Å². The summed E-state index contributed by atoms with van der Waals surface area (Å²) in [6, 6.07) is 4.95. The molecule has 4 nitrogen and oxygen atoms in total. The predicted molar refractivity (Wildman–Crippen MR) is 75.2 cm³/mol. The number of rotatable bonds is 4. The number of halogens is 1. The van der Waals surface area contributed by atoms with E-state index < -0.39 is 9.84 Å². The zero-order chi connectivity index (χ0) is 14.1. The number of hydrogen-bond donors (Lipinski definition) is 1. The van der Waals surface area contributed by atoms with Gasteiger partial charge in [0.1, 0.15) is 0 Å². The predicted octanol–water partition coefficient (Wildman–Crippen LogP) is 2.01. The lowest BCUT2D eigenvalue weighted by Crippen LogP contribution is -2.42. The molecular weight excluding hydrogens is 286 g/mol. The molecule has 0 aliphatic carbocycles. The van der Waals surface area contributed by atoms with Gasteiger partial charge in [0.15, 0.2) is 9.84 Å². The van der Waals surface area contributed by atoms with Gasteiger partial charge in [-0.25, -0.2) is 8.42 Å². The zero-order valence-electron chi connectivity index (χ0n) is 11.1. The first-order valence-electron chi connectivity index (χ1n) is 6.12. The van der Waals surface area contributed by atoms with E-state index in [0.29, 0.717) is 23.7 Å². The zero-order valence-corrected chi connectivity index (χ0v) is 12.6. The molecule has 1 aliphatic heterocycles. The van der Waals surface area contributed by atoms with Crippen LogP contribution in [-0.2, 0) is 21.1 Å². The Hall–Kier alpha value is -0.620. The Labute approximate surface area is 119 Å². The second kappa shape index (κ2) is 5.40. The minimum absolute atomic E-state index is 0.117. The average Bonchev–Trinajstić information content (AvgIpc) is 2.73. The Morgan fingerprint density at radius 2 is 2.21 bits per heavy atom. The summed E-state index contributed by atoms with van der Waals surface area (Å²) in [6.45, 7) is 3.84. The van der Waals surface area contributed by atoms with Gasteiger partial charge in [-0.1, -0.05) is 17.7 Å². The summed E-state index contributed by atoms with van der Waals surface area (Å²) in [4.78, 5) is 0.287. The van der Waals surface area contributed by atoms with Gasteiger partial charge in [0.25, 0.3) is 0 Å². The van der Waals surface area contributed by atoms with Gasteiger partial charge >= 0.3 is 0 Å². The molecule has 1 aliphatic rings. The van der Waals surface area contributed by atoms with Crippen LogP contribution in [0.15, 0.2) is 23.1 Å². The van der Waals surface area contributed by atoms with Crippen LogP contribution in [0.1, 0.15) is 18.9 Å². The van der Waals surface area contributed by atoms with Crippen molar-refractivity contribution in [2.45, 2.75) is 30.3 Å². The highest BCUT2D eigenvalue weighted by Gasteiger charge is 2.29. The van der Waals surface area contributed by atoms with Crippen molar-refractivity contribution in [3.05, 3.63) is 28.8 Å². The van der Waals surface area contributed by atoms with Gasteiger partial charge in [0, 0.05) is 35.5 Å². The Morgan fingerprint density at radius 3 is 2.79 bits per heavy atom. The summed E-state index contributed by atoms with van der Waals surface area (Å²) in [5.74, 6) is 0. The van der Waals surface area contributed by atoms with Crippen molar-refractivity contribution in [1.82, 2.24) is 5.32 Å². The maximum atomic E-state index is 11.8. The molecule has 1 atom stereocenters. The second-order valence-corrected chi connectivity index (χ2v) is 7.60. The average molecular weight is 304 g/mol. The Kier molecular flexibility index (Phi) is 4.20. The lowest BCUT2D eigenvalue weighted by molar-refractivity contribution is 0.171. The molecule has 0 radical (unpaired) electrons. The fraction of sp³-hybridized carbons (Fsp3) is 0.538. The molecule has 1 heterocycles. The van der Waals surface area contributed by atoms with Crippen LogP contribution in [0.25, 0.3) is 0 Å². The van der Waals surface area contributed by atoms with E-state index in [2.05, 4.69) is 12.2 Å². The van der Waals surface area contributed by atoms with Crippen LogP contribution < -0.4 is 5.32 Å². The highest BCUT2D eigenvalue weighted by atomic mass is 35.5. The second-order valence-electron chi connectivity index (χ2n) is 5.21. The Morgan fingerprint density at radius 1 is 1.47 bits per heavy atom. The standard InChI is InChI=1S/C13H18ClNO3S/c1-13(6-7-18-9-13)15-8-10-11(14)4-3-5-12(10)19(2,16)17/h3-5,15H,6-9H2,1-2H3. The van der Waals surface area contributed by atoms with Crippen molar-refractivity contribution in [3.63, 3.8) is 0 Å². The van der Waals surface area contributed by atoms with E-state index in [1.54, 1.807) is 18.2 Å². The quantitative estimate of drug-likeness (QED) is 0.924. The van der Waals surface area contributed by atoms with Crippen molar-refractivity contribution in [2.75, 3.05) is 19.5 Å². The molecule has 1 fully saturated rings. The van der Waals surface area contributed by atoms with E-state index in [0.717, 1.165) is 13.0 Å². The minimum atomic E-state index is -3.28. The fourth-order valence-electron chi connectivity index (χ4n) is 2.17. The third-order valence-corrected chi connectivity index (χ3v) is 4.92. The van der Waals surface area contributed by atoms with Gasteiger partial charge in [-0.2, -0.15) is 0 Å². The van der Waals surface area contributed by atoms with Crippen LogP contribution in [0.3, 0.4) is 0 Å². The Balaban J connectivity index is 2.24. The summed E-state index contributed by atoms with van der Waals surface area (Å²) in [5, 5.41) is 3.82. The fourth-order valence-corrected chi connectivity index (χ4v) is 3.42. The maximum absolute atomic E-state index is 11.8. The van der Waals surface area contributed by atoms with E-state index in [4.69, 9.17) is 16.3 Å². The minimum Gasteiger partial charge on any atom is -0.379 e. The van der Waals surface area contributed by atoms with E-state index in [1.807, 2.05) is 0 Å². The molecule has 106 valence electrons. The molecule has 0 spiro atoms. The van der Waals surface area contributed by atoms with Crippen LogP contribution in [0.2, 0.25) is 5.02 Å². The van der Waals surface area contributed by atoms with Crippen LogP contribution in [0, 0.1) is 0 Å². The van der Waals surface area contributed by atoms with Crippen LogP contribution in [0.4, 0.5) is 0 Å². The van der Waals surface area contributed by atoms with Gasteiger partial charge in [-0.05, 0) is 25.5 Å². The number of hydrogen-bond acceptors (Lipinski definition) is 4. The number of ether oxygens (including phenoxy) is 1. The molecule has 6 heteroatoms. The number of sulfone groups is 1. The van der Waals surface area contributed by atoms with Crippen molar-refractivity contribution in [1.29, 1.82) is 0 Å². The van der Waals surface area contributed by atoms with Gasteiger partial charge in [0.05, 0.1) is 11.5 Å². The molecular formula is C13H18ClNO3S. The van der Waals surface area contributed by atoms with Crippen LogP contribution >= 0.6 is 11.6 Å². The van der Waals surface area contributed by atoms with Crippen molar-refractivity contribution < 1.29 is 13.2 Å². The molecule has 19 heavy (non-hydrogen) atoms. The van der Waals surface area contributed by atoms with Crippen LogP contribution in [0.5, 0.6) is 0 Å². The van der Waals surface area contributed by atoms with E-state index >= 15 is 0 Å². The largest absolute Gasteiger partial charge is 0.379 e. The topological polar surface area (TPSA) is 55.4 Å². The summed E-state index contributed by atoms with van der Waals surface area (Å²) in [7, 11) is -3.28. The van der Waals surface area contributed by atoms with Gasteiger partial charge in [-0.15, -0.1) is 0 Å². The smallest absolute Gasteiger partial charge is 0.175 e. The molecule has 0 bridgehead atoms. The van der Waals surface area contributed by atoms with Gasteiger partial charge in [-0.3, -0.25) is 0 Å². The molecule has 2 rings (SSSR count). The maximum Gasteiger partial charge on any atom is 0.175 e. The molecule has 1 saturated heterocycles. The van der Waals surface area contributed by atoms with Gasteiger partial charge in [0.2, 0.25) is 0 Å². The first-order chi connectivity index (χ1) is 8.82. The first-order valence-corrected chi connectivity index (χ1v) is 8.39. The normalized spacial score (nSPS) is 23.7. The third-order valence-electron chi connectivity index (χ3n) is 3.39. The molecule has 0 saturated carbocycles. The molecule has 1 aromatic carbocycles. The van der Waals surface area contributed by atoms with Crippen molar-refractivity contribution in [3.8, 4) is 0 Å². The molecule has 0 aromatic heterocycles. The molecule has 1 unspecified atom stereocenters. The van der Waals surface area contributed by atoms with E-state index in [1.165, 1.54) is 6.26 Å². The van der Waals surface area contributed by atoms with E-state index in [9.17, 15) is 8.42 Å². The number of benzene rings is 1. The summed E-state index contributed by atoms with van der Waals surface area (Å²) in [5.41, 5.74) is 0.508. The summed E-state index contributed by atoms with van der Waals surface area (Å²) < 4.78 is 28.9. The van der Waals surface area contributed by atoms with Crippen molar-refractivity contribution in [2.24, 2.45) is 0 Å². The Bertz CT molecular complexity index is 565. The highest BCUT2D eigenvalue weighted by Crippen LogP contribution is 2.26. The lowest BCUT2D eigenvalue weighted by atomic mass is 10.0. The molecule has 1 aromatic rings. The van der Waals surface area contributed by atoms with Gasteiger partial charge < -0.3 is 10.1 Å². The summed E-state index contributed by atoms with van der Waals surface area (Å²) in [6.07, 6.45) is 2.11. The highest BCUT2D eigenvalue weighted by molar-refractivity contribution is 7.90. The number of nitrogens with one attached hydrogen (secondary N) is 1. The third kappa shape index (κ3) is 3.48. The van der Waals surface area contributed by atoms with E-state index in [-0.39, 0.29) is 10.4 Å². The lowest BCUT2D eigenvalue weighted by Gasteiger charge is -2.24. The monoisotopic (exact) mass is 303 g/mol. The SMILES string of the molecule is CC1(NCc2c(Cl)cccc2S(C)(=O)=O)CCOC1. The molecule has 1 N–H and O–H groups in total. The van der Waals surface area contributed by atoms with Crippen molar-refractivity contribution >= 4 is 21.4 Å².